The molecule has 0 spiro atoms. The number of rotatable bonds is 7. The Morgan fingerprint density at radius 3 is 2.37 bits per heavy atom. The molecule has 156 valence electrons. The zero-order valence-corrected chi connectivity index (χ0v) is 17.4. The largest absolute Gasteiger partial charge is 0.350 e. The minimum absolute atomic E-state index is 0.119. The first-order valence-corrected chi connectivity index (χ1v) is 10.5. The molecule has 0 radical (unpaired) electrons. The molecule has 1 saturated heterocycles. The molecule has 0 saturated carbocycles. The number of hydrogen-bond donors (Lipinski definition) is 3. The summed E-state index contributed by atoms with van der Waals surface area (Å²) in [5.41, 5.74) is 4.37. The van der Waals surface area contributed by atoms with Gasteiger partial charge in [-0.1, -0.05) is 60.1 Å². The molecule has 0 atom stereocenters. The average Bonchev–Trinajstić information content (AvgIpc) is 2.79. The normalized spacial score (nSPS) is 14.5. The fraction of sp³-hybridized carbons (Fsp3) is 0.318. The van der Waals surface area contributed by atoms with Crippen molar-refractivity contribution in [1.29, 1.82) is 0 Å². The highest BCUT2D eigenvalue weighted by Gasteiger charge is 2.22. The molecule has 30 heavy (non-hydrogen) atoms. The van der Waals surface area contributed by atoms with Crippen molar-refractivity contribution in [2.75, 3.05) is 28.8 Å². The van der Waals surface area contributed by atoms with Gasteiger partial charge in [-0.2, -0.15) is 15.0 Å². The zero-order valence-electron chi connectivity index (χ0n) is 16.6. The molecule has 8 heteroatoms. The predicted molar refractivity (Wildman–Crippen MR) is 119 cm³/mol. The third-order valence-electron chi connectivity index (χ3n) is 5.38. The van der Waals surface area contributed by atoms with Gasteiger partial charge in [0.15, 0.2) is 0 Å². The number of halogens is 1. The van der Waals surface area contributed by atoms with Crippen molar-refractivity contribution in [2.45, 2.75) is 25.8 Å². The first kappa shape index (κ1) is 20.4. The van der Waals surface area contributed by atoms with Gasteiger partial charge in [-0.3, -0.25) is 5.21 Å². The highest BCUT2D eigenvalue weighted by molar-refractivity contribution is 6.31. The number of piperidine rings is 1. The number of aromatic nitrogens is 3. The molecular formula is C22H25ClN6O. The summed E-state index contributed by atoms with van der Waals surface area (Å²) < 4.78 is 0. The van der Waals surface area contributed by atoms with E-state index >= 15 is 0 Å². The average molecular weight is 425 g/mol. The summed E-state index contributed by atoms with van der Waals surface area (Å²) in [7, 11) is 0. The van der Waals surface area contributed by atoms with Gasteiger partial charge >= 0.3 is 0 Å². The van der Waals surface area contributed by atoms with E-state index in [0.717, 1.165) is 37.9 Å². The molecule has 2 aromatic carbocycles. The van der Waals surface area contributed by atoms with Crippen LogP contribution in [0.4, 0.5) is 17.8 Å². The number of nitrogens with one attached hydrogen (secondary N) is 2. The maximum Gasteiger partial charge on any atom is 0.253 e. The van der Waals surface area contributed by atoms with Crippen LogP contribution in [0, 0.1) is 5.92 Å². The maximum absolute atomic E-state index is 9.35. The lowest BCUT2D eigenvalue weighted by atomic mass is 9.90. The zero-order chi connectivity index (χ0) is 20.8. The Labute approximate surface area is 181 Å². The van der Waals surface area contributed by atoms with E-state index in [1.54, 1.807) is 0 Å². The fourth-order valence-electron chi connectivity index (χ4n) is 3.74. The number of nitrogens with zero attached hydrogens (tertiary/aromatic N) is 4. The molecule has 7 nitrogen and oxygen atoms in total. The molecule has 0 unspecified atom stereocenters. The van der Waals surface area contributed by atoms with E-state index < -0.39 is 0 Å². The molecule has 0 aliphatic carbocycles. The summed E-state index contributed by atoms with van der Waals surface area (Å²) in [4.78, 5) is 15.2. The van der Waals surface area contributed by atoms with Crippen LogP contribution < -0.4 is 15.7 Å². The predicted octanol–water partition coefficient (Wildman–Crippen LogP) is 4.40. The van der Waals surface area contributed by atoms with Crippen LogP contribution in [0.2, 0.25) is 5.02 Å². The minimum Gasteiger partial charge on any atom is -0.350 e. The van der Waals surface area contributed by atoms with Crippen molar-refractivity contribution in [3.8, 4) is 0 Å². The molecule has 1 fully saturated rings. The molecule has 0 amide bonds. The third-order valence-corrected chi connectivity index (χ3v) is 5.75. The van der Waals surface area contributed by atoms with Crippen LogP contribution in [0.1, 0.15) is 24.0 Å². The molecule has 1 aromatic heterocycles. The van der Waals surface area contributed by atoms with Gasteiger partial charge in [0.1, 0.15) is 0 Å². The Balaban J connectivity index is 1.40. The van der Waals surface area contributed by atoms with Crippen LogP contribution in [-0.4, -0.2) is 33.2 Å². The summed E-state index contributed by atoms with van der Waals surface area (Å²) in [5.74, 6) is 1.72. The standard InChI is InChI=1S/C22H25ClN6O/c23-19-9-5-4-8-18(19)15-24-20-25-21(28-30)27-22(26-20)29-12-10-17(11-13-29)14-16-6-2-1-3-7-16/h1-9,17,30H,10-15H2,(H2,24,25,26,27,28). The van der Waals surface area contributed by atoms with E-state index in [0.29, 0.717) is 29.4 Å². The van der Waals surface area contributed by atoms with E-state index in [4.69, 9.17) is 11.6 Å². The van der Waals surface area contributed by atoms with Gasteiger partial charge in [-0.15, -0.1) is 0 Å². The summed E-state index contributed by atoms with van der Waals surface area (Å²) in [6.45, 7) is 2.22. The fourth-order valence-corrected chi connectivity index (χ4v) is 3.94. The van der Waals surface area contributed by atoms with Crippen LogP contribution in [0.5, 0.6) is 0 Å². The van der Waals surface area contributed by atoms with Crippen LogP contribution in [0.15, 0.2) is 54.6 Å². The van der Waals surface area contributed by atoms with Gasteiger partial charge in [0, 0.05) is 24.7 Å². The van der Waals surface area contributed by atoms with Crippen molar-refractivity contribution in [2.24, 2.45) is 5.92 Å². The van der Waals surface area contributed by atoms with E-state index in [1.165, 1.54) is 5.56 Å². The topological polar surface area (TPSA) is 86.2 Å². The second kappa shape index (κ2) is 9.73. The first-order chi connectivity index (χ1) is 14.7. The summed E-state index contributed by atoms with van der Waals surface area (Å²) in [5, 5.41) is 13.2. The lowest BCUT2D eigenvalue weighted by molar-refractivity contribution is 0.381. The molecule has 4 rings (SSSR count). The van der Waals surface area contributed by atoms with Crippen LogP contribution in [0.3, 0.4) is 0 Å². The summed E-state index contributed by atoms with van der Waals surface area (Å²) in [6, 6.07) is 18.2. The van der Waals surface area contributed by atoms with E-state index in [-0.39, 0.29) is 5.95 Å². The van der Waals surface area contributed by atoms with Gasteiger partial charge in [0.2, 0.25) is 11.9 Å². The van der Waals surface area contributed by atoms with Gasteiger partial charge in [-0.25, -0.2) is 5.48 Å². The Morgan fingerprint density at radius 1 is 0.933 bits per heavy atom. The maximum atomic E-state index is 9.35. The lowest BCUT2D eigenvalue weighted by Crippen LogP contribution is -2.35. The Bertz CT molecular complexity index is 963. The van der Waals surface area contributed by atoms with Gasteiger partial charge in [-0.05, 0) is 42.4 Å². The quantitative estimate of drug-likeness (QED) is 0.484. The second-order valence-corrected chi connectivity index (χ2v) is 7.87. The molecular weight excluding hydrogens is 400 g/mol. The second-order valence-electron chi connectivity index (χ2n) is 7.46. The molecule has 3 N–H and O–H groups in total. The highest BCUT2D eigenvalue weighted by atomic mass is 35.5. The highest BCUT2D eigenvalue weighted by Crippen LogP contribution is 2.25. The third kappa shape index (κ3) is 5.17. The molecule has 0 bridgehead atoms. The Hall–Kier alpha value is -2.90. The summed E-state index contributed by atoms with van der Waals surface area (Å²) in [6.07, 6.45) is 3.25. The van der Waals surface area contributed by atoms with Crippen LogP contribution >= 0.6 is 11.6 Å². The van der Waals surface area contributed by atoms with Crippen molar-refractivity contribution in [1.82, 2.24) is 15.0 Å². The molecule has 1 aliphatic rings. The van der Waals surface area contributed by atoms with Gasteiger partial charge in [0.25, 0.3) is 5.95 Å². The summed E-state index contributed by atoms with van der Waals surface area (Å²) >= 11 is 6.22. The minimum atomic E-state index is 0.119. The van der Waals surface area contributed by atoms with Crippen LogP contribution in [0.25, 0.3) is 0 Å². The van der Waals surface area contributed by atoms with Crippen molar-refractivity contribution in [3.05, 3.63) is 70.7 Å². The van der Waals surface area contributed by atoms with E-state index in [9.17, 15) is 5.21 Å². The molecule has 1 aliphatic heterocycles. The Kier molecular flexibility index (Phi) is 6.61. The van der Waals surface area contributed by atoms with E-state index in [2.05, 4.69) is 55.5 Å². The first-order valence-electron chi connectivity index (χ1n) is 10.1. The smallest absolute Gasteiger partial charge is 0.253 e. The lowest BCUT2D eigenvalue weighted by Gasteiger charge is -2.32. The Morgan fingerprint density at radius 2 is 1.63 bits per heavy atom. The molecule has 2 heterocycles. The number of hydrogen-bond acceptors (Lipinski definition) is 7. The van der Waals surface area contributed by atoms with E-state index in [1.807, 2.05) is 29.7 Å². The van der Waals surface area contributed by atoms with Gasteiger partial charge in [0.05, 0.1) is 0 Å². The monoisotopic (exact) mass is 424 g/mol. The number of benzene rings is 2. The van der Waals surface area contributed by atoms with Gasteiger partial charge < -0.3 is 10.2 Å². The van der Waals surface area contributed by atoms with Crippen molar-refractivity contribution < 1.29 is 5.21 Å². The van der Waals surface area contributed by atoms with Crippen molar-refractivity contribution in [3.63, 3.8) is 0 Å². The van der Waals surface area contributed by atoms with Crippen LogP contribution in [-0.2, 0) is 13.0 Å². The number of anilines is 3. The molecule has 3 aromatic rings. The van der Waals surface area contributed by atoms with Crippen molar-refractivity contribution >= 4 is 29.4 Å². The SMILES string of the molecule is ONc1nc(NCc2ccccc2Cl)nc(N2CCC(Cc3ccccc3)CC2)n1.